The third-order valence-corrected chi connectivity index (χ3v) is 5.06. The largest absolute Gasteiger partial charge is 0.497 e. The lowest BCUT2D eigenvalue weighted by Crippen LogP contribution is -2.35. The van der Waals surface area contributed by atoms with Gasteiger partial charge in [-0.2, -0.15) is 4.98 Å². The van der Waals surface area contributed by atoms with E-state index in [1.165, 1.54) is 5.56 Å². The Balaban J connectivity index is 1.41. The minimum Gasteiger partial charge on any atom is -0.497 e. The normalized spacial score (nSPS) is 15.6. The van der Waals surface area contributed by atoms with Crippen LogP contribution >= 0.6 is 0 Å². The van der Waals surface area contributed by atoms with E-state index in [1.807, 2.05) is 30.0 Å². The van der Waals surface area contributed by atoms with Crippen LogP contribution < -0.4 is 4.74 Å². The Morgan fingerprint density at radius 3 is 2.68 bits per heavy atom. The van der Waals surface area contributed by atoms with Crippen molar-refractivity contribution in [2.75, 3.05) is 33.3 Å². The number of methoxy groups -OCH3 is 1. The molecule has 0 atom stereocenters. The topological polar surface area (TPSA) is 75.9 Å². The number of carbonyl (C=O) groups excluding carboxylic acids is 1. The third kappa shape index (κ3) is 3.82. The number of amides is 1. The molecule has 1 amide bonds. The molecule has 1 fully saturated rings. The standard InChI is InChI=1S/C20H24N6O2/c1-15-8-9-21-20-22-18(23-26(15)20)19(27)25-11-3-10-24(12-13-25)14-16-4-6-17(28-2)7-5-16/h4-9H,3,10-14H2,1-2H3. The van der Waals surface area contributed by atoms with Crippen molar-refractivity contribution < 1.29 is 9.53 Å². The molecule has 0 N–H and O–H groups in total. The van der Waals surface area contributed by atoms with Gasteiger partial charge in [-0.25, -0.2) is 9.50 Å². The predicted octanol–water partition coefficient (Wildman–Crippen LogP) is 1.79. The highest BCUT2D eigenvalue weighted by Crippen LogP contribution is 2.15. The zero-order valence-corrected chi connectivity index (χ0v) is 16.2. The molecule has 0 spiro atoms. The minimum absolute atomic E-state index is 0.129. The van der Waals surface area contributed by atoms with E-state index < -0.39 is 0 Å². The van der Waals surface area contributed by atoms with Crippen molar-refractivity contribution in [3.8, 4) is 5.75 Å². The first-order valence-electron chi connectivity index (χ1n) is 9.47. The Kier molecular flexibility index (Phi) is 5.21. The van der Waals surface area contributed by atoms with E-state index >= 15 is 0 Å². The van der Waals surface area contributed by atoms with Gasteiger partial charge in [-0.3, -0.25) is 9.69 Å². The molecule has 0 radical (unpaired) electrons. The molecule has 0 aliphatic carbocycles. The zero-order chi connectivity index (χ0) is 19.5. The fourth-order valence-electron chi connectivity index (χ4n) is 3.46. The van der Waals surface area contributed by atoms with Crippen LogP contribution in [0.1, 0.15) is 28.3 Å². The molecular formula is C20H24N6O2. The first kappa shape index (κ1) is 18.4. The summed E-state index contributed by atoms with van der Waals surface area (Å²) in [5.74, 6) is 1.40. The Bertz CT molecular complexity index is 968. The number of aryl methyl sites for hydroxylation is 1. The first-order chi connectivity index (χ1) is 13.6. The maximum Gasteiger partial charge on any atom is 0.293 e. The molecule has 3 aromatic rings. The maximum atomic E-state index is 12.9. The molecular weight excluding hydrogens is 356 g/mol. The van der Waals surface area contributed by atoms with Gasteiger partial charge in [0.05, 0.1) is 7.11 Å². The number of rotatable bonds is 4. The highest BCUT2D eigenvalue weighted by Gasteiger charge is 2.24. The number of hydrogen-bond acceptors (Lipinski definition) is 6. The Labute approximate surface area is 163 Å². The van der Waals surface area contributed by atoms with E-state index in [0.29, 0.717) is 18.9 Å². The van der Waals surface area contributed by atoms with Gasteiger partial charge in [0.1, 0.15) is 5.75 Å². The Morgan fingerprint density at radius 1 is 1.11 bits per heavy atom. The van der Waals surface area contributed by atoms with Crippen LogP contribution in [-0.4, -0.2) is 68.6 Å². The number of fused-ring (bicyclic) bond motifs is 1. The van der Waals surface area contributed by atoms with Gasteiger partial charge >= 0.3 is 0 Å². The highest BCUT2D eigenvalue weighted by atomic mass is 16.5. The summed E-state index contributed by atoms with van der Waals surface area (Å²) in [4.78, 5) is 25.6. The second kappa shape index (κ2) is 7.93. The average Bonchev–Trinajstić information content (AvgIpc) is 3.03. The fourth-order valence-corrected chi connectivity index (χ4v) is 3.46. The highest BCUT2D eigenvalue weighted by molar-refractivity contribution is 5.90. The number of nitrogens with zero attached hydrogens (tertiary/aromatic N) is 6. The fraction of sp³-hybridized carbons (Fsp3) is 0.400. The van der Waals surface area contributed by atoms with Gasteiger partial charge in [0.25, 0.3) is 11.7 Å². The lowest BCUT2D eigenvalue weighted by molar-refractivity contribution is 0.0749. The van der Waals surface area contributed by atoms with Crippen molar-refractivity contribution in [2.24, 2.45) is 0 Å². The van der Waals surface area contributed by atoms with Crippen molar-refractivity contribution >= 4 is 11.7 Å². The Hall–Kier alpha value is -3.00. The van der Waals surface area contributed by atoms with Crippen molar-refractivity contribution in [1.82, 2.24) is 29.4 Å². The molecule has 8 heteroatoms. The second-order valence-corrected chi connectivity index (χ2v) is 7.00. The molecule has 146 valence electrons. The van der Waals surface area contributed by atoms with E-state index in [2.05, 4.69) is 32.1 Å². The Morgan fingerprint density at radius 2 is 1.93 bits per heavy atom. The summed E-state index contributed by atoms with van der Waals surface area (Å²) in [5, 5.41) is 4.35. The van der Waals surface area contributed by atoms with Gasteiger partial charge in [0.15, 0.2) is 0 Å². The molecule has 0 bridgehead atoms. The van der Waals surface area contributed by atoms with Crippen LogP contribution in [0.15, 0.2) is 36.5 Å². The lowest BCUT2D eigenvalue weighted by Gasteiger charge is -2.21. The quantitative estimate of drug-likeness (QED) is 0.687. The molecule has 1 aromatic carbocycles. The van der Waals surface area contributed by atoms with Crippen molar-refractivity contribution in [3.05, 3.63) is 53.6 Å². The molecule has 4 rings (SSSR count). The molecule has 1 saturated heterocycles. The van der Waals surface area contributed by atoms with Crippen LogP contribution in [0.5, 0.6) is 5.75 Å². The monoisotopic (exact) mass is 380 g/mol. The average molecular weight is 380 g/mol. The molecule has 1 aliphatic heterocycles. The van der Waals surface area contributed by atoms with Gasteiger partial charge in [0.2, 0.25) is 5.82 Å². The number of benzene rings is 1. The van der Waals surface area contributed by atoms with Gasteiger partial charge in [-0.1, -0.05) is 12.1 Å². The van der Waals surface area contributed by atoms with Gasteiger partial charge in [-0.05, 0) is 37.1 Å². The summed E-state index contributed by atoms with van der Waals surface area (Å²) in [7, 11) is 1.67. The van der Waals surface area contributed by atoms with Crippen molar-refractivity contribution in [2.45, 2.75) is 19.9 Å². The van der Waals surface area contributed by atoms with Gasteiger partial charge < -0.3 is 9.64 Å². The molecule has 2 aromatic heterocycles. The number of carbonyl (C=O) groups is 1. The summed E-state index contributed by atoms with van der Waals surface area (Å²) in [5.41, 5.74) is 2.14. The summed E-state index contributed by atoms with van der Waals surface area (Å²) < 4.78 is 6.83. The number of ether oxygens (including phenoxy) is 1. The van der Waals surface area contributed by atoms with Crippen molar-refractivity contribution in [1.29, 1.82) is 0 Å². The maximum absolute atomic E-state index is 12.9. The second-order valence-electron chi connectivity index (χ2n) is 7.00. The van der Waals surface area contributed by atoms with E-state index in [1.54, 1.807) is 17.8 Å². The summed E-state index contributed by atoms with van der Waals surface area (Å²) >= 11 is 0. The lowest BCUT2D eigenvalue weighted by atomic mass is 10.2. The minimum atomic E-state index is -0.129. The smallest absolute Gasteiger partial charge is 0.293 e. The van der Waals surface area contributed by atoms with Crippen LogP contribution in [0.4, 0.5) is 0 Å². The summed E-state index contributed by atoms with van der Waals surface area (Å²) in [6.07, 6.45) is 2.60. The number of hydrogen-bond donors (Lipinski definition) is 0. The molecule has 0 unspecified atom stereocenters. The number of aromatic nitrogens is 4. The van der Waals surface area contributed by atoms with E-state index in [0.717, 1.165) is 37.5 Å². The van der Waals surface area contributed by atoms with Crippen LogP contribution in [0.25, 0.3) is 5.78 Å². The van der Waals surface area contributed by atoms with Crippen LogP contribution in [0, 0.1) is 6.92 Å². The molecule has 1 aliphatic rings. The van der Waals surface area contributed by atoms with E-state index in [4.69, 9.17) is 4.74 Å². The SMILES string of the molecule is COc1ccc(CN2CCCN(C(=O)c3nc4nccc(C)n4n3)CC2)cc1. The first-order valence-corrected chi connectivity index (χ1v) is 9.47. The third-order valence-electron chi connectivity index (χ3n) is 5.06. The van der Waals surface area contributed by atoms with Crippen LogP contribution in [-0.2, 0) is 6.54 Å². The predicted molar refractivity (Wildman–Crippen MR) is 104 cm³/mol. The van der Waals surface area contributed by atoms with E-state index in [-0.39, 0.29) is 11.7 Å². The van der Waals surface area contributed by atoms with E-state index in [9.17, 15) is 4.79 Å². The van der Waals surface area contributed by atoms with Crippen molar-refractivity contribution in [3.63, 3.8) is 0 Å². The summed E-state index contributed by atoms with van der Waals surface area (Å²) in [6.45, 7) is 5.93. The zero-order valence-electron chi connectivity index (χ0n) is 16.2. The molecule has 0 saturated carbocycles. The molecule has 3 heterocycles. The van der Waals surface area contributed by atoms with Crippen LogP contribution in [0.2, 0.25) is 0 Å². The van der Waals surface area contributed by atoms with Crippen LogP contribution in [0.3, 0.4) is 0 Å². The van der Waals surface area contributed by atoms with Gasteiger partial charge in [-0.15, -0.1) is 5.10 Å². The van der Waals surface area contributed by atoms with Gasteiger partial charge in [0, 0.05) is 44.6 Å². The molecule has 28 heavy (non-hydrogen) atoms. The summed E-state index contributed by atoms with van der Waals surface area (Å²) in [6, 6.07) is 9.98. The molecule has 8 nitrogen and oxygen atoms in total.